The number of aromatic nitrogens is 2. The van der Waals surface area contributed by atoms with Crippen LogP contribution in [-0.4, -0.2) is 16.0 Å². The summed E-state index contributed by atoms with van der Waals surface area (Å²) in [4.78, 5) is 4.75. The van der Waals surface area contributed by atoms with Crippen LogP contribution < -0.4 is 4.74 Å². The summed E-state index contributed by atoms with van der Waals surface area (Å²) < 4.78 is 7.73. The molecule has 0 atom stereocenters. The largest absolute Gasteiger partial charge is 0.489 e. The number of nitrogens with zero attached hydrogens (tertiary/aromatic N) is 3. The van der Waals surface area contributed by atoms with Crippen molar-refractivity contribution >= 4 is 35.2 Å². The van der Waals surface area contributed by atoms with Gasteiger partial charge in [-0.1, -0.05) is 77.8 Å². The third kappa shape index (κ3) is 5.62. The lowest BCUT2D eigenvalue weighted by Crippen LogP contribution is -1.97. The minimum atomic E-state index is 0.363. The Morgan fingerprint density at radius 1 is 0.800 bits per heavy atom. The number of para-hydroxylation sites is 1. The Morgan fingerprint density at radius 3 is 2.23 bits per heavy atom. The predicted molar refractivity (Wildman–Crippen MR) is 143 cm³/mol. The van der Waals surface area contributed by atoms with Gasteiger partial charge in [-0.05, 0) is 54.1 Å². The van der Waals surface area contributed by atoms with Gasteiger partial charge in [0.05, 0.1) is 11.4 Å². The quantitative estimate of drug-likeness (QED) is 0.212. The van der Waals surface area contributed by atoms with Crippen molar-refractivity contribution in [3.8, 4) is 22.7 Å². The summed E-state index contributed by atoms with van der Waals surface area (Å²) in [6.07, 6.45) is 1.82. The molecule has 0 aliphatic heterocycles. The zero-order chi connectivity index (χ0) is 24.0. The maximum absolute atomic E-state index is 6.23. The van der Waals surface area contributed by atoms with E-state index in [0.717, 1.165) is 39.6 Å². The third-order valence-electron chi connectivity index (χ3n) is 5.40. The van der Waals surface area contributed by atoms with Crippen LogP contribution in [0.2, 0.25) is 10.0 Å². The smallest absolute Gasteiger partial charge is 0.156 e. The Morgan fingerprint density at radius 2 is 1.51 bits per heavy atom. The van der Waals surface area contributed by atoms with Crippen LogP contribution in [0.4, 0.5) is 5.82 Å². The molecule has 0 spiro atoms. The van der Waals surface area contributed by atoms with Gasteiger partial charge < -0.3 is 4.74 Å². The van der Waals surface area contributed by atoms with E-state index in [1.165, 1.54) is 0 Å². The molecule has 0 aliphatic carbocycles. The summed E-state index contributed by atoms with van der Waals surface area (Å²) in [5.74, 6) is 1.49. The van der Waals surface area contributed by atoms with Gasteiger partial charge >= 0.3 is 0 Å². The van der Waals surface area contributed by atoms with E-state index >= 15 is 0 Å². The molecule has 172 valence electrons. The number of halogens is 2. The first kappa shape index (κ1) is 22.9. The average Bonchev–Trinajstić information content (AvgIpc) is 3.33. The first-order chi connectivity index (χ1) is 17.2. The highest BCUT2D eigenvalue weighted by Crippen LogP contribution is 2.27. The minimum absolute atomic E-state index is 0.363. The molecular formula is C29H21Cl2N3O. The fourth-order valence-electron chi connectivity index (χ4n) is 3.56. The summed E-state index contributed by atoms with van der Waals surface area (Å²) in [7, 11) is 0. The molecule has 0 unspecified atom stereocenters. The van der Waals surface area contributed by atoms with E-state index in [4.69, 9.17) is 38.0 Å². The Kier molecular flexibility index (Phi) is 6.94. The Balaban J connectivity index is 1.35. The Hall–Kier alpha value is -3.86. The second-order valence-corrected chi connectivity index (χ2v) is 8.70. The fourth-order valence-corrected chi connectivity index (χ4v) is 4.03. The summed E-state index contributed by atoms with van der Waals surface area (Å²) in [6.45, 7) is 0.363. The average molecular weight is 498 g/mol. The van der Waals surface area contributed by atoms with Gasteiger partial charge in [0.2, 0.25) is 0 Å². The highest BCUT2D eigenvalue weighted by molar-refractivity contribution is 6.35. The topological polar surface area (TPSA) is 39.4 Å². The van der Waals surface area contributed by atoms with Gasteiger partial charge in [0.1, 0.15) is 12.4 Å². The van der Waals surface area contributed by atoms with E-state index in [0.29, 0.717) is 16.7 Å². The molecule has 5 rings (SSSR count). The lowest BCUT2D eigenvalue weighted by Gasteiger charge is -2.08. The zero-order valence-electron chi connectivity index (χ0n) is 18.7. The van der Waals surface area contributed by atoms with E-state index in [1.54, 1.807) is 12.1 Å². The van der Waals surface area contributed by atoms with Crippen LogP contribution >= 0.6 is 23.2 Å². The van der Waals surface area contributed by atoms with E-state index < -0.39 is 0 Å². The number of hydrogen-bond donors (Lipinski definition) is 0. The van der Waals surface area contributed by atoms with Crippen LogP contribution in [0.3, 0.4) is 0 Å². The second-order valence-electron chi connectivity index (χ2n) is 7.85. The van der Waals surface area contributed by atoms with Crippen molar-refractivity contribution in [2.24, 2.45) is 4.99 Å². The van der Waals surface area contributed by atoms with Gasteiger partial charge in [-0.3, -0.25) is 0 Å². The number of rotatable bonds is 7. The molecule has 5 aromatic rings. The van der Waals surface area contributed by atoms with E-state index in [9.17, 15) is 0 Å². The van der Waals surface area contributed by atoms with Crippen molar-refractivity contribution in [1.82, 2.24) is 9.78 Å². The molecule has 4 nitrogen and oxygen atoms in total. The summed E-state index contributed by atoms with van der Waals surface area (Å²) in [6, 6.07) is 35.2. The standard InChI is InChI=1S/C29H21Cl2N3O/c30-24-14-13-23(27(31)17-24)20-35-26-15-11-21(12-16-26)19-32-29-18-28(22-7-3-1-4-8-22)33-34(29)25-9-5-2-6-10-25/h1-19H,20H2/b32-19+. The van der Waals surface area contributed by atoms with E-state index in [2.05, 4.69) is 0 Å². The summed E-state index contributed by atoms with van der Waals surface area (Å²) in [5, 5.41) is 6.00. The van der Waals surface area contributed by atoms with E-state index in [-0.39, 0.29) is 0 Å². The molecule has 0 fully saturated rings. The molecule has 0 saturated carbocycles. The van der Waals surface area contributed by atoms with Crippen molar-refractivity contribution in [2.45, 2.75) is 6.61 Å². The van der Waals surface area contributed by atoms with Crippen LogP contribution in [0.5, 0.6) is 5.75 Å². The molecule has 0 aliphatic rings. The molecule has 1 heterocycles. The summed E-state index contributed by atoms with van der Waals surface area (Å²) in [5.41, 5.74) is 4.69. The Bertz CT molecular complexity index is 1450. The molecule has 0 N–H and O–H groups in total. The maximum Gasteiger partial charge on any atom is 0.156 e. The Labute approximate surface area is 214 Å². The zero-order valence-corrected chi connectivity index (χ0v) is 20.2. The van der Waals surface area contributed by atoms with Crippen molar-refractivity contribution in [2.75, 3.05) is 0 Å². The monoisotopic (exact) mass is 497 g/mol. The third-order valence-corrected chi connectivity index (χ3v) is 5.98. The maximum atomic E-state index is 6.23. The lowest BCUT2D eigenvalue weighted by atomic mass is 10.2. The molecule has 35 heavy (non-hydrogen) atoms. The first-order valence-electron chi connectivity index (χ1n) is 11.1. The van der Waals surface area contributed by atoms with Crippen molar-refractivity contribution in [3.63, 3.8) is 0 Å². The van der Waals surface area contributed by atoms with Gasteiger partial charge in [0.25, 0.3) is 0 Å². The van der Waals surface area contributed by atoms with E-state index in [1.807, 2.05) is 108 Å². The number of hydrogen-bond acceptors (Lipinski definition) is 3. The van der Waals surface area contributed by atoms with Gasteiger partial charge in [0.15, 0.2) is 5.82 Å². The van der Waals surface area contributed by atoms with Crippen molar-refractivity contribution < 1.29 is 4.74 Å². The van der Waals surface area contributed by atoms with Crippen LogP contribution in [0.1, 0.15) is 11.1 Å². The summed E-state index contributed by atoms with van der Waals surface area (Å²) >= 11 is 12.2. The highest BCUT2D eigenvalue weighted by Gasteiger charge is 2.10. The molecule has 4 aromatic carbocycles. The van der Waals surface area contributed by atoms with Gasteiger partial charge in [-0.15, -0.1) is 0 Å². The van der Waals surface area contributed by atoms with Gasteiger partial charge in [0, 0.05) is 33.5 Å². The normalized spacial score (nSPS) is 11.1. The van der Waals surface area contributed by atoms with Gasteiger partial charge in [-0.25, -0.2) is 9.67 Å². The molecule has 0 amide bonds. The molecule has 0 saturated heterocycles. The number of benzene rings is 4. The second kappa shape index (κ2) is 10.6. The number of ether oxygens (including phenoxy) is 1. The van der Waals surface area contributed by atoms with Crippen LogP contribution in [0, 0.1) is 0 Å². The lowest BCUT2D eigenvalue weighted by molar-refractivity contribution is 0.306. The molecule has 0 radical (unpaired) electrons. The first-order valence-corrected chi connectivity index (χ1v) is 11.8. The molecule has 6 heteroatoms. The number of aliphatic imine (C=N–C) groups is 1. The predicted octanol–water partition coefficient (Wildman–Crippen LogP) is 8.18. The van der Waals surface area contributed by atoms with Crippen LogP contribution in [-0.2, 0) is 6.61 Å². The fraction of sp³-hybridized carbons (Fsp3) is 0.0345. The minimum Gasteiger partial charge on any atom is -0.489 e. The van der Waals surface area contributed by atoms with Crippen LogP contribution in [0.25, 0.3) is 16.9 Å². The molecule has 0 bridgehead atoms. The molecule has 1 aromatic heterocycles. The van der Waals surface area contributed by atoms with Gasteiger partial charge in [-0.2, -0.15) is 5.10 Å². The van der Waals surface area contributed by atoms with Crippen molar-refractivity contribution in [1.29, 1.82) is 0 Å². The molecular weight excluding hydrogens is 477 g/mol. The highest BCUT2D eigenvalue weighted by atomic mass is 35.5. The van der Waals surface area contributed by atoms with Crippen LogP contribution in [0.15, 0.2) is 114 Å². The SMILES string of the molecule is Clc1ccc(COc2ccc(/C=N/c3cc(-c4ccccc4)nn3-c3ccccc3)cc2)c(Cl)c1. The van der Waals surface area contributed by atoms with Crippen molar-refractivity contribution in [3.05, 3.63) is 130 Å².